The first-order chi connectivity index (χ1) is 9.92. The standard InChI is InChI=1S/C15H21BrN2O3/c1-3-5-13(9-14(19)20)17-15(21)18(2)10-11-6-4-7-12(16)8-11/h4,6-8,13H,3,5,9-10H2,1-2H3,(H,17,21)(H,19,20). The lowest BCUT2D eigenvalue weighted by Crippen LogP contribution is -2.43. The van der Waals surface area contributed by atoms with Crippen molar-refractivity contribution in [3.05, 3.63) is 34.3 Å². The molecule has 0 fully saturated rings. The molecule has 116 valence electrons. The lowest BCUT2D eigenvalue weighted by atomic mass is 10.1. The summed E-state index contributed by atoms with van der Waals surface area (Å²) in [5, 5.41) is 11.6. The van der Waals surface area contributed by atoms with Crippen molar-refractivity contribution >= 4 is 27.9 Å². The van der Waals surface area contributed by atoms with Gasteiger partial charge < -0.3 is 15.3 Å². The van der Waals surface area contributed by atoms with Crippen LogP contribution in [0.2, 0.25) is 0 Å². The van der Waals surface area contributed by atoms with E-state index in [2.05, 4.69) is 21.2 Å². The van der Waals surface area contributed by atoms with Crippen molar-refractivity contribution in [2.45, 2.75) is 38.8 Å². The SMILES string of the molecule is CCCC(CC(=O)O)NC(=O)N(C)Cc1cccc(Br)c1. The van der Waals surface area contributed by atoms with E-state index in [-0.39, 0.29) is 18.5 Å². The van der Waals surface area contributed by atoms with Crippen LogP contribution in [0.25, 0.3) is 0 Å². The fraction of sp³-hybridized carbons (Fsp3) is 0.467. The van der Waals surface area contributed by atoms with E-state index < -0.39 is 5.97 Å². The predicted molar refractivity (Wildman–Crippen MR) is 85.1 cm³/mol. The molecule has 5 nitrogen and oxygen atoms in total. The number of benzene rings is 1. The quantitative estimate of drug-likeness (QED) is 0.787. The number of halogens is 1. The van der Waals surface area contributed by atoms with Gasteiger partial charge >= 0.3 is 12.0 Å². The summed E-state index contributed by atoms with van der Waals surface area (Å²) < 4.78 is 0.962. The molecule has 2 N–H and O–H groups in total. The third-order valence-electron chi connectivity index (χ3n) is 3.04. The normalized spacial score (nSPS) is 11.8. The molecule has 0 aromatic heterocycles. The summed E-state index contributed by atoms with van der Waals surface area (Å²) in [5.74, 6) is -0.900. The van der Waals surface area contributed by atoms with E-state index in [4.69, 9.17) is 5.11 Å². The molecule has 0 saturated heterocycles. The van der Waals surface area contributed by atoms with Gasteiger partial charge in [0.25, 0.3) is 0 Å². The Labute approximate surface area is 133 Å². The van der Waals surface area contributed by atoms with Crippen LogP contribution in [0.15, 0.2) is 28.7 Å². The Morgan fingerprint density at radius 3 is 2.71 bits per heavy atom. The molecule has 0 aliphatic heterocycles. The number of urea groups is 1. The maximum Gasteiger partial charge on any atom is 0.317 e. The fourth-order valence-electron chi connectivity index (χ4n) is 2.05. The Morgan fingerprint density at radius 2 is 2.14 bits per heavy atom. The Balaban J connectivity index is 2.58. The number of aliphatic carboxylic acids is 1. The molecular formula is C15H21BrN2O3. The Hall–Kier alpha value is -1.56. The number of amides is 2. The average molecular weight is 357 g/mol. The van der Waals surface area contributed by atoms with Crippen LogP contribution in [0.4, 0.5) is 4.79 Å². The van der Waals surface area contributed by atoms with E-state index in [1.165, 1.54) is 0 Å². The van der Waals surface area contributed by atoms with Gasteiger partial charge in [0.05, 0.1) is 6.42 Å². The van der Waals surface area contributed by atoms with Gasteiger partial charge in [-0.2, -0.15) is 0 Å². The zero-order valence-corrected chi connectivity index (χ0v) is 13.9. The Morgan fingerprint density at radius 1 is 1.43 bits per heavy atom. The Kier molecular flexibility index (Phi) is 7.22. The number of carboxylic acids is 1. The van der Waals surface area contributed by atoms with Crippen LogP contribution in [-0.4, -0.2) is 35.1 Å². The van der Waals surface area contributed by atoms with Crippen molar-refractivity contribution in [2.75, 3.05) is 7.05 Å². The van der Waals surface area contributed by atoms with Crippen molar-refractivity contribution in [3.8, 4) is 0 Å². The first-order valence-corrected chi connectivity index (χ1v) is 7.69. The molecule has 1 rings (SSSR count). The lowest BCUT2D eigenvalue weighted by molar-refractivity contribution is -0.137. The van der Waals surface area contributed by atoms with Gasteiger partial charge in [-0.3, -0.25) is 4.79 Å². The van der Waals surface area contributed by atoms with Gasteiger partial charge in [-0.25, -0.2) is 4.79 Å². The summed E-state index contributed by atoms with van der Waals surface area (Å²) in [7, 11) is 1.69. The second-order valence-electron chi connectivity index (χ2n) is 5.02. The molecule has 0 saturated carbocycles. The fourth-order valence-corrected chi connectivity index (χ4v) is 2.50. The van der Waals surface area contributed by atoms with Gasteiger partial charge in [0.2, 0.25) is 0 Å². The van der Waals surface area contributed by atoms with Crippen molar-refractivity contribution < 1.29 is 14.7 Å². The number of carboxylic acid groups (broad SMARTS) is 1. The molecular weight excluding hydrogens is 336 g/mol. The molecule has 2 amide bonds. The third kappa shape index (κ3) is 6.62. The highest BCUT2D eigenvalue weighted by molar-refractivity contribution is 9.10. The van der Waals surface area contributed by atoms with E-state index in [1.54, 1.807) is 11.9 Å². The monoisotopic (exact) mass is 356 g/mol. The summed E-state index contributed by atoms with van der Waals surface area (Å²) in [6.45, 7) is 2.43. The molecule has 0 aliphatic carbocycles. The van der Waals surface area contributed by atoms with Crippen molar-refractivity contribution in [1.29, 1.82) is 0 Å². The van der Waals surface area contributed by atoms with Crippen LogP contribution in [0.3, 0.4) is 0 Å². The van der Waals surface area contributed by atoms with Gasteiger partial charge in [0.15, 0.2) is 0 Å². The minimum atomic E-state index is -0.900. The van der Waals surface area contributed by atoms with E-state index >= 15 is 0 Å². The van der Waals surface area contributed by atoms with Crippen LogP contribution in [0.1, 0.15) is 31.7 Å². The topological polar surface area (TPSA) is 69.6 Å². The highest BCUT2D eigenvalue weighted by Gasteiger charge is 2.17. The summed E-state index contributed by atoms with van der Waals surface area (Å²) >= 11 is 3.39. The first-order valence-electron chi connectivity index (χ1n) is 6.90. The zero-order chi connectivity index (χ0) is 15.8. The molecule has 1 unspecified atom stereocenters. The molecule has 0 radical (unpaired) electrons. The molecule has 0 bridgehead atoms. The van der Waals surface area contributed by atoms with Crippen LogP contribution < -0.4 is 5.32 Å². The number of hydrogen-bond acceptors (Lipinski definition) is 2. The zero-order valence-electron chi connectivity index (χ0n) is 12.3. The molecule has 0 spiro atoms. The van der Waals surface area contributed by atoms with Crippen molar-refractivity contribution in [2.24, 2.45) is 0 Å². The highest BCUT2D eigenvalue weighted by atomic mass is 79.9. The predicted octanol–water partition coefficient (Wildman–Crippen LogP) is 3.23. The maximum atomic E-state index is 12.1. The second-order valence-corrected chi connectivity index (χ2v) is 5.93. The highest BCUT2D eigenvalue weighted by Crippen LogP contribution is 2.13. The van der Waals surface area contributed by atoms with Crippen molar-refractivity contribution in [3.63, 3.8) is 0 Å². The largest absolute Gasteiger partial charge is 0.481 e. The van der Waals surface area contributed by atoms with E-state index in [0.29, 0.717) is 13.0 Å². The Bertz CT molecular complexity index is 494. The van der Waals surface area contributed by atoms with E-state index in [0.717, 1.165) is 16.5 Å². The molecule has 1 aromatic carbocycles. The van der Waals surface area contributed by atoms with Gasteiger partial charge in [0.1, 0.15) is 0 Å². The van der Waals surface area contributed by atoms with Crippen LogP contribution in [-0.2, 0) is 11.3 Å². The first kappa shape index (κ1) is 17.5. The minimum Gasteiger partial charge on any atom is -0.481 e. The molecule has 21 heavy (non-hydrogen) atoms. The van der Waals surface area contributed by atoms with Crippen LogP contribution in [0.5, 0.6) is 0 Å². The van der Waals surface area contributed by atoms with E-state index in [1.807, 2.05) is 31.2 Å². The van der Waals surface area contributed by atoms with Gasteiger partial charge in [-0.1, -0.05) is 41.4 Å². The molecule has 6 heteroatoms. The van der Waals surface area contributed by atoms with Crippen LogP contribution in [0, 0.1) is 0 Å². The number of nitrogens with zero attached hydrogens (tertiary/aromatic N) is 1. The molecule has 0 heterocycles. The summed E-state index contributed by atoms with van der Waals surface area (Å²) in [4.78, 5) is 24.5. The average Bonchev–Trinajstić information content (AvgIpc) is 2.38. The second kappa shape index (κ2) is 8.67. The summed E-state index contributed by atoms with van der Waals surface area (Å²) in [6, 6.07) is 7.14. The summed E-state index contributed by atoms with van der Waals surface area (Å²) in [6.07, 6.45) is 1.43. The maximum absolute atomic E-state index is 12.1. The number of carbonyl (C=O) groups excluding carboxylic acids is 1. The van der Waals surface area contributed by atoms with Gasteiger partial charge in [-0.05, 0) is 24.1 Å². The number of rotatable bonds is 7. The number of carbonyl (C=O) groups is 2. The minimum absolute atomic E-state index is 0.0513. The van der Waals surface area contributed by atoms with Gasteiger partial charge in [0, 0.05) is 24.1 Å². The third-order valence-corrected chi connectivity index (χ3v) is 3.53. The number of hydrogen-bond donors (Lipinski definition) is 2. The smallest absolute Gasteiger partial charge is 0.317 e. The summed E-state index contributed by atoms with van der Waals surface area (Å²) in [5.41, 5.74) is 1.01. The van der Waals surface area contributed by atoms with Crippen LogP contribution >= 0.6 is 15.9 Å². The number of nitrogens with one attached hydrogen (secondary N) is 1. The van der Waals surface area contributed by atoms with Crippen molar-refractivity contribution in [1.82, 2.24) is 10.2 Å². The lowest BCUT2D eigenvalue weighted by Gasteiger charge is -2.22. The molecule has 1 atom stereocenters. The van der Waals surface area contributed by atoms with E-state index in [9.17, 15) is 9.59 Å². The molecule has 1 aromatic rings. The van der Waals surface area contributed by atoms with Gasteiger partial charge in [-0.15, -0.1) is 0 Å². The molecule has 0 aliphatic rings.